The van der Waals surface area contributed by atoms with Gasteiger partial charge in [0.25, 0.3) is 0 Å². The molecule has 1 aromatic carbocycles. The largest absolute Gasteiger partial charge is 0.492 e. The first-order chi connectivity index (χ1) is 13.0. The first kappa shape index (κ1) is 18.2. The smallest absolute Gasteiger partial charge is 0.326 e. The van der Waals surface area contributed by atoms with Gasteiger partial charge < -0.3 is 19.5 Å². The number of carboxylic acids is 1. The average Bonchev–Trinajstić information content (AvgIpc) is 3.18. The molecule has 1 amide bonds. The predicted octanol–water partition coefficient (Wildman–Crippen LogP) is 0.765. The number of carbonyl (C=O) groups excluding carboxylic acids is 1. The van der Waals surface area contributed by atoms with E-state index in [1.807, 2.05) is 4.90 Å². The van der Waals surface area contributed by atoms with Crippen molar-refractivity contribution < 1.29 is 28.6 Å². The Kier molecular flexibility index (Phi) is 4.77. The van der Waals surface area contributed by atoms with E-state index in [-0.39, 0.29) is 30.9 Å². The van der Waals surface area contributed by atoms with Gasteiger partial charge in [-0.3, -0.25) is 14.5 Å². The number of carboxylic acid groups (broad SMARTS) is 1. The highest BCUT2D eigenvalue weighted by Crippen LogP contribution is 2.31. The lowest BCUT2D eigenvalue weighted by molar-refractivity contribution is -0.154. The van der Waals surface area contributed by atoms with E-state index >= 15 is 0 Å². The minimum Gasteiger partial charge on any atom is -0.492 e. The molecule has 3 aliphatic heterocycles. The summed E-state index contributed by atoms with van der Waals surface area (Å²) in [6.07, 6.45) is 0.925. The normalized spacial score (nSPS) is 28.5. The van der Waals surface area contributed by atoms with Crippen LogP contribution in [0.25, 0.3) is 0 Å². The highest BCUT2D eigenvalue weighted by molar-refractivity contribution is 5.81. The SMILES string of the molecule is O=C(C1COc2ccc(F)cc2C1)N1CCN(C2(C(=O)O)CCOC2)CC1. The fourth-order valence-electron chi connectivity index (χ4n) is 4.24. The van der Waals surface area contributed by atoms with Gasteiger partial charge in [-0.15, -0.1) is 0 Å². The van der Waals surface area contributed by atoms with Gasteiger partial charge in [-0.1, -0.05) is 0 Å². The summed E-state index contributed by atoms with van der Waals surface area (Å²) < 4.78 is 24.4. The van der Waals surface area contributed by atoms with Gasteiger partial charge in [0.05, 0.1) is 12.5 Å². The molecule has 0 spiro atoms. The molecule has 0 aliphatic carbocycles. The van der Waals surface area contributed by atoms with Crippen LogP contribution < -0.4 is 4.74 Å². The average molecular weight is 378 g/mol. The zero-order chi connectivity index (χ0) is 19.0. The third kappa shape index (κ3) is 3.27. The molecule has 0 aromatic heterocycles. The van der Waals surface area contributed by atoms with Gasteiger partial charge in [0, 0.05) is 39.2 Å². The number of benzene rings is 1. The number of hydrogen-bond acceptors (Lipinski definition) is 5. The fraction of sp³-hybridized carbons (Fsp3) is 0.579. The van der Waals surface area contributed by atoms with Crippen molar-refractivity contribution in [2.75, 3.05) is 46.0 Å². The van der Waals surface area contributed by atoms with Crippen molar-refractivity contribution in [1.82, 2.24) is 9.80 Å². The Bertz CT molecular complexity index is 742. The topological polar surface area (TPSA) is 79.3 Å². The van der Waals surface area contributed by atoms with Gasteiger partial charge in [-0.05, 0) is 30.2 Å². The van der Waals surface area contributed by atoms with E-state index < -0.39 is 11.5 Å². The summed E-state index contributed by atoms with van der Waals surface area (Å²) in [5, 5.41) is 9.66. The summed E-state index contributed by atoms with van der Waals surface area (Å²) in [6, 6.07) is 4.37. The van der Waals surface area contributed by atoms with Gasteiger partial charge in [0.2, 0.25) is 5.91 Å². The molecule has 0 radical (unpaired) electrons. The number of hydrogen-bond donors (Lipinski definition) is 1. The van der Waals surface area contributed by atoms with Crippen molar-refractivity contribution >= 4 is 11.9 Å². The van der Waals surface area contributed by atoms with E-state index in [0.29, 0.717) is 56.9 Å². The quantitative estimate of drug-likeness (QED) is 0.837. The number of halogens is 1. The molecule has 1 aromatic rings. The highest BCUT2D eigenvalue weighted by atomic mass is 19.1. The molecule has 4 rings (SSSR count). The lowest BCUT2D eigenvalue weighted by atomic mass is 9.93. The second kappa shape index (κ2) is 7.09. The minimum atomic E-state index is -0.973. The standard InChI is InChI=1S/C19H23FN2O5/c20-15-1-2-16-13(10-15)9-14(11-27-16)17(23)21-4-6-22(7-5-21)19(18(24)25)3-8-26-12-19/h1-2,10,14H,3-9,11-12H2,(H,24,25). The van der Waals surface area contributed by atoms with Crippen LogP contribution in [0.4, 0.5) is 4.39 Å². The Labute approximate surface area is 156 Å². The van der Waals surface area contributed by atoms with Crippen molar-refractivity contribution in [2.24, 2.45) is 5.92 Å². The van der Waals surface area contributed by atoms with Crippen molar-refractivity contribution in [1.29, 1.82) is 0 Å². The maximum absolute atomic E-state index is 13.5. The van der Waals surface area contributed by atoms with Gasteiger partial charge in [0.1, 0.15) is 23.7 Å². The number of nitrogens with zero attached hydrogens (tertiary/aromatic N) is 2. The van der Waals surface area contributed by atoms with Crippen molar-refractivity contribution in [3.05, 3.63) is 29.6 Å². The first-order valence-electron chi connectivity index (χ1n) is 9.26. The van der Waals surface area contributed by atoms with Crippen LogP contribution in [0.2, 0.25) is 0 Å². The molecule has 146 valence electrons. The van der Waals surface area contributed by atoms with Crippen LogP contribution in [0.5, 0.6) is 5.75 Å². The van der Waals surface area contributed by atoms with Gasteiger partial charge in [-0.2, -0.15) is 0 Å². The van der Waals surface area contributed by atoms with Gasteiger partial charge in [-0.25, -0.2) is 4.39 Å². The molecule has 27 heavy (non-hydrogen) atoms. The summed E-state index contributed by atoms with van der Waals surface area (Å²) >= 11 is 0. The molecule has 2 saturated heterocycles. The molecule has 2 unspecified atom stereocenters. The third-order valence-electron chi connectivity index (χ3n) is 5.87. The molecule has 3 heterocycles. The van der Waals surface area contributed by atoms with Crippen LogP contribution in [0.1, 0.15) is 12.0 Å². The highest BCUT2D eigenvalue weighted by Gasteiger charge is 2.48. The fourth-order valence-corrected chi connectivity index (χ4v) is 4.24. The van der Waals surface area contributed by atoms with E-state index in [4.69, 9.17) is 9.47 Å². The monoisotopic (exact) mass is 378 g/mol. The number of amides is 1. The summed E-state index contributed by atoms with van der Waals surface area (Å²) in [5.74, 6) is -0.920. The van der Waals surface area contributed by atoms with Crippen LogP contribution in [-0.2, 0) is 20.7 Å². The second-order valence-electron chi connectivity index (χ2n) is 7.42. The molecular weight excluding hydrogens is 355 g/mol. The maximum Gasteiger partial charge on any atom is 0.326 e. The number of piperazine rings is 1. The lowest BCUT2D eigenvalue weighted by Gasteiger charge is -2.43. The molecule has 8 heteroatoms. The predicted molar refractivity (Wildman–Crippen MR) is 93.0 cm³/mol. The van der Waals surface area contributed by atoms with Gasteiger partial charge in [0.15, 0.2) is 0 Å². The Balaban J connectivity index is 1.38. The number of ether oxygens (including phenoxy) is 2. The van der Waals surface area contributed by atoms with Crippen LogP contribution in [0.3, 0.4) is 0 Å². The number of fused-ring (bicyclic) bond motifs is 1. The van der Waals surface area contributed by atoms with Gasteiger partial charge >= 0.3 is 5.97 Å². The lowest BCUT2D eigenvalue weighted by Crippen LogP contribution is -2.62. The minimum absolute atomic E-state index is 0.0170. The maximum atomic E-state index is 13.5. The Morgan fingerprint density at radius 2 is 2.00 bits per heavy atom. The van der Waals surface area contributed by atoms with Crippen LogP contribution >= 0.6 is 0 Å². The van der Waals surface area contributed by atoms with Crippen LogP contribution in [0, 0.1) is 11.7 Å². The Morgan fingerprint density at radius 1 is 1.22 bits per heavy atom. The zero-order valence-corrected chi connectivity index (χ0v) is 15.0. The number of rotatable bonds is 3. The molecular formula is C19H23FN2O5. The molecule has 3 aliphatic rings. The van der Waals surface area contributed by atoms with Crippen molar-refractivity contribution in [3.63, 3.8) is 0 Å². The second-order valence-corrected chi connectivity index (χ2v) is 7.42. The number of aliphatic carboxylic acids is 1. The van der Waals surface area contributed by atoms with Crippen molar-refractivity contribution in [2.45, 2.75) is 18.4 Å². The molecule has 1 N–H and O–H groups in total. The Hall–Kier alpha value is -2.19. The van der Waals surface area contributed by atoms with E-state index in [1.54, 1.807) is 11.0 Å². The van der Waals surface area contributed by atoms with E-state index in [0.717, 1.165) is 0 Å². The van der Waals surface area contributed by atoms with E-state index in [1.165, 1.54) is 12.1 Å². The number of carbonyl (C=O) groups is 2. The summed E-state index contributed by atoms with van der Waals surface area (Å²) in [4.78, 5) is 28.4. The molecule has 0 bridgehead atoms. The van der Waals surface area contributed by atoms with Crippen LogP contribution in [0.15, 0.2) is 18.2 Å². The molecule has 2 fully saturated rings. The van der Waals surface area contributed by atoms with Crippen LogP contribution in [-0.4, -0.2) is 78.3 Å². The van der Waals surface area contributed by atoms with E-state index in [9.17, 15) is 19.1 Å². The molecule has 0 saturated carbocycles. The third-order valence-corrected chi connectivity index (χ3v) is 5.87. The van der Waals surface area contributed by atoms with E-state index in [2.05, 4.69) is 0 Å². The molecule has 2 atom stereocenters. The Morgan fingerprint density at radius 3 is 2.67 bits per heavy atom. The summed E-state index contributed by atoms with van der Waals surface area (Å²) in [6.45, 7) is 2.86. The first-order valence-corrected chi connectivity index (χ1v) is 9.26. The zero-order valence-electron chi connectivity index (χ0n) is 15.0. The van der Waals surface area contributed by atoms with Crippen molar-refractivity contribution in [3.8, 4) is 5.75 Å². The molecule has 7 nitrogen and oxygen atoms in total. The summed E-state index contributed by atoms with van der Waals surface area (Å²) in [5.41, 5.74) is -0.259. The summed E-state index contributed by atoms with van der Waals surface area (Å²) in [7, 11) is 0.